The van der Waals surface area contributed by atoms with Crippen LogP contribution in [0.3, 0.4) is 0 Å². The highest BCUT2D eigenvalue weighted by atomic mass is 35.5. The van der Waals surface area contributed by atoms with Crippen LogP contribution in [0, 0.1) is 5.41 Å². The highest BCUT2D eigenvalue weighted by molar-refractivity contribution is 7.98. The molecule has 0 bridgehead atoms. The molecule has 2 nitrogen and oxygen atoms in total. The quantitative estimate of drug-likeness (QED) is 0.736. The number of nitrogens with one attached hydrogen (secondary N) is 1. The Hall–Kier alpha value is -1.45. The zero-order valence-corrected chi connectivity index (χ0v) is 14.6. The SMILES string of the molecule is CC(C)(C)C(=O)Nc1ccc(Cl)cc1SCc1ccccc1. The number of benzene rings is 2. The van der Waals surface area contributed by atoms with E-state index in [-0.39, 0.29) is 5.91 Å². The molecule has 1 amide bonds. The summed E-state index contributed by atoms with van der Waals surface area (Å²) in [6, 6.07) is 15.8. The molecule has 0 fully saturated rings. The van der Waals surface area contributed by atoms with Crippen molar-refractivity contribution in [2.24, 2.45) is 5.41 Å². The van der Waals surface area contributed by atoms with Crippen molar-refractivity contribution in [3.63, 3.8) is 0 Å². The van der Waals surface area contributed by atoms with Crippen molar-refractivity contribution in [2.75, 3.05) is 5.32 Å². The van der Waals surface area contributed by atoms with E-state index in [1.165, 1.54) is 5.56 Å². The third-order valence-corrected chi connectivity index (χ3v) is 4.47. The molecule has 116 valence electrons. The summed E-state index contributed by atoms with van der Waals surface area (Å²) < 4.78 is 0. The van der Waals surface area contributed by atoms with E-state index in [1.54, 1.807) is 17.8 Å². The van der Waals surface area contributed by atoms with E-state index in [9.17, 15) is 4.79 Å². The number of carbonyl (C=O) groups is 1. The molecule has 0 saturated carbocycles. The van der Waals surface area contributed by atoms with Gasteiger partial charge in [-0.3, -0.25) is 4.79 Å². The molecule has 0 aliphatic carbocycles. The Bertz CT molecular complexity index is 650. The number of carbonyl (C=O) groups excluding carboxylic acids is 1. The predicted octanol–water partition coefficient (Wildman–Crippen LogP) is 5.62. The topological polar surface area (TPSA) is 29.1 Å². The minimum absolute atomic E-state index is 0.00335. The van der Waals surface area contributed by atoms with Gasteiger partial charge in [0.25, 0.3) is 0 Å². The molecule has 0 heterocycles. The molecule has 1 N–H and O–H groups in total. The van der Waals surface area contributed by atoms with Crippen LogP contribution >= 0.6 is 23.4 Å². The third-order valence-electron chi connectivity index (χ3n) is 3.11. The molecule has 0 aliphatic heterocycles. The van der Waals surface area contributed by atoms with Gasteiger partial charge in [0.2, 0.25) is 5.91 Å². The van der Waals surface area contributed by atoms with Gasteiger partial charge in [0.05, 0.1) is 5.69 Å². The second-order valence-electron chi connectivity index (χ2n) is 6.12. The second kappa shape index (κ2) is 7.21. The van der Waals surface area contributed by atoms with Crippen LogP contribution in [0.15, 0.2) is 53.4 Å². The highest BCUT2D eigenvalue weighted by Gasteiger charge is 2.22. The van der Waals surface area contributed by atoms with E-state index in [1.807, 2.05) is 51.1 Å². The number of hydrogen-bond acceptors (Lipinski definition) is 2. The van der Waals surface area contributed by atoms with E-state index < -0.39 is 5.41 Å². The first-order chi connectivity index (χ1) is 10.4. The van der Waals surface area contributed by atoms with Gasteiger partial charge in [0, 0.05) is 21.1 Å². The van der Waals surface area contributed by atoms with Crippen molar-refractivity contribution in [1.29, 1.82) is 0 Å². The summed E-state index contributed by atoms with van der Waals surface area (Å²) in [5.41, 5.74) is 1.62. The summed E-state index contributed by atoms with van der Waals surface area (Å²) in [6.45, 7) is 5.69. The number of thioether (sulfide) groups is 1. The fourth-order valence-corrected chi connectivity index (χ4v) is 3.00. The molecule has 0 radical (unpaired) electrons. The fraction of sp³-hybridized carbons (Fsp3) is 0.278. The Morgan fingerprint density at radius 2 is 1.82 bits per heavy atom. The van der Waals surface area contributed by atoms with E-state index in [2.05, 4.69) is 17.4 Å². The van der Waals surface area contributed by atoms with E-state index in [4.69, 9.17) is 11.6 Å². The van der Waals surface area contributed by atoms with Crippen LogP contribution in [0.25, 0.3) is 0 Å². The largest absolute Gasteiger partial charge is 0.325 e. The van der Waals surface area contributed by atoms with Crippen molar-refractivity contribution < 1.29 is 4.79 Å². The summed E-state index contributed by atoms with van der Waals surface area (Å²) in [4.78, 5) is 13.2. The van der Waals surface area contributed by atoms with Crippen LogP contribution in [-0.4, -0.2) is 5.91 Å². The molecule has 0 atom stereocenters. The Morgan fingerprint density at radius 3 is 2.45 bits per heavy atom. The fourth-order valence-electron chi connectivity index (χ4n) is 1.76. The molecule has 2 aromatic rings. The van der Waals surface area contributed by atoms with Crippen molar-refractivity contribution >= 4 is 35.0 Å². The molecule has 0 aromatic heterocycles. The van der Waals surface area contributed by atoms with Gasteiger partial charge in [-0.2, -0.15) is 0 Å². The Morgan fingerprint density at radius 1 is 1.14 bits per heavy atom. The number of rotatable bonds is 4. The van der Waals surface area contributed by atoms with Gasteiger partial charge < -0.3 is 5.32 Å². The first-order valence-corrected chi connectivity index (χ1v) is 8.50. The van der Waals surface area contributed by atoms with E-state index in [0.29, 0.717) is 5.02 Å². The minimum atomic E-state index is -0.430. The number of hydrogen-bond donors (Lipinski definition) is 1. The second-order valence-corrected chi connectivity index (χ2v) is 7.57. The lowest BCUT2D eigenvalue weighted by atomic mass is 9.95. The third kappa shape index (κ3) is 4.79. The molecule has 2 aromatic carbocycles. The predicted molar refractivity (Wildman–Crippen MR) is 95.5 cm³/mol. The van der Waals surface area contributed by atoms with Crippen molar-refractivity contribution in [3.8, 4) is 0 Å². The number of halogens is 1. The van der Waals surface area contributed by atoms with Crippen LogP contribution in [0.5, 0.6) is 0 Å². The van der Waals surface area contributed by atoms with Gasteiger partial charge in [-0.15, -0.1) is 11.8 Å². The molecule has 0 unspecified atom stereocenters. The molecule has 0 saturated heterocycles. The molecule has 2 rings (SSSR count). The first-order valence-electron chi connectivity index (χ1n) is 7.14. The number of anilines is 1. The summed E-state index contributed by atoms with van der Waals surface area (Å²) in [5.74, 6) is 0.830. The minimum Gasteiger partial charge on any atom is -0.325 e. The summed E-state index contributed by atoms with van der Waals surface area (Å²) in [5, 5.41) is 3.67. The smallest absolute Gasteiger partial charge is 0.229 e. The summed E-state index contributed by atoms with van der Waals surface area (Å²) in [7, 11) is 0. The Kier molecular flexibility index (Phi) is 5.54. The first kappa shape index (κ1) is 16.9. The van der Waals surface area contributed by atoms with E-state index >= 15 is 0 Å². The molecular weight excluding hydrogens is 314 g/mol. The Balaban J connectivity index is 2.16. The van der Waals surface area contributed by atoms with Gasteiger partial charge in [0.15, 0.2) is 0 Å². The van der Waals surface area contributed by atoms with Gasteiger partial charge in [0.1, 0.15) is 0 Å². The average molecular weight is 334 g/mol. The lowest BCUT2D eigenvalue weighted by Gasteiger charge is -2.19. The van der Waals surface area contributed by atoms with Crippen LogP contribution in [0.1, 0.15) is 26.3 Å². The maximum atomic E-state index is 12.2. The normalized spacial score (nSPS) is 11.3. The monoisotopic (exact) mass is 333 g/mol. The maximum absolute atomic E-state index is 12.2. The molecular formula is C18H20ClNOS. The zero-order chi connectivity index (χ0) is 16.2. The average Bonchev–Trinajstić information content (AvgIpc) is 2.47. The van der Waals surface area contributed by atoms with Gasteiger partial charge >= 0.3 is 0 Å². The van der Waals surface area contributed by atoms with Crippen molar-refractivity contribution in [3.05, 3.63) is 59.1 Å². The van der Waals surface area contributed by atoms with Crippen LogP contribution in [0.4, 0.5) is 5.69 Å². The Labute approximate surface area is 141 Å². The molecule has 0 aliphatic rings. The van der Waals surface area contributed by atoms with Crippen LogP contribution < -0.4 is 5.32 Å². The van der Waals surface area contributed by atoms with Gasteiger partial charge in [-0.1, -0.05) is 62.7 Å². The van der Waals surface area contributed by atoms with Crippen molar-refractivity contribution in [1.82, 2.24) is 0 Å². The molecule has 22 heavy (non-hydrogen) atoms. The van der Waals surface area contributed by atoms with Crippen molar-refractivity contribution in [2.45, 2.75) is 31.4 Å². The van der Waals surface area contributed by atoms with Gasteiger partial charge in [-0.25, -0.2) is 0 Å². The zero-order valence-electron chi connectivity index (χ0n) is 13.0. The summed E-state index contributed by atoms with van der Waals surface area (Å²) in [6.07, 6.45) is 0. The van der Waals surface area contributed by atoms with E-state index in [0.717, 1.165) is 16.3 Å². The number of amides is 1. The maximum Gasteiger partial charge on any atom is 0.229 e. The van der Waals surface area contributed by atoms with Crippen LogP contribution in [-0.2, 0) is 10.5 Å². The lowest BCUT2D eigenvalue weighted by Crippen LogP contribution is -2.27. The lowest BCUT2D eigenvalue weighted by molar-refractivity contribution is -0.123. The molecule has 0 spiro atoms. The van der Waals surface area contributed by atoms with Crippen LogP contribution in [0.2, 0.25) is 5.02 Å². The standard InChI is InChI=1S/C18H20ClNOS/c1-18(2,3)17(21)20-15-10-9-14(19)11-16(15)22-12-13-7-5-4-6-8-13/h4-11H,12H2,1-3H3,(H,20,21). The summed E-state index contributed by atoms with van der Waals surface area (Å²) >= 11 is 7.77. The molecule has 4 heteroatoms. The van der Waals surface area contributed by atoms with Gasteiger partial charge in [-0.05, 0) is 23.8 Å². The highest BCUT2D eigenvalue weighted by Crippen LogP contribution is 2.33.